The molecule has 1 aromatic heterocycles. The smallest absolute Gasteiger partial charge is 0.336 e. The molecule has 0 unspecified atom stereocenters. The van der Waals surface area contributed by atoms with Gasteiger partial charge in [-0.1, -0.05) is 6.07 Å². The van der Waals surface area contributed by atoms with Crippen molar-refractivity contribution in [2.75, 3.05) is 12.4 Å². The zero-order valence-electron chi connectivity index (χ0n) is 11.8. The lowest BCUT2D eigenvalue weighted by Gasteiger charge is -2.18. The summed E-state index contributed by atoms with van der Waals surface area (Å²) in [5.74, 6) is -1.02. The van der Waals surface area contributed by atoms with E-state index in [1.54, 1.807) is 38.5 Å². The molecule has 0 spiro atoms. The number of hydrogen-bond acceptors (Lipinski definition) is 3. The second-order valence-corrected chi connectivity index (χ2v) is 4.68. The van der Waals surface area contributed by atoms with E-state index in [-0.39, 0.29) is 11.6 Å². The molecule has 0 bridgehead atoms. The maximum atomic E-state index is 12.1. The normalized spacial score (nSPS) is 10.2. The van der Waals surface area contributed by atoms with Crippen LogP contribution in [-0.4, -0.2) is 39.3 Å². The molecule has 7 heteroatoms. The number of anilines is 1. The Kier molecular flexibility index (Phi) is 4.22. The standard InChI is InChI=1S/C14H16N4O3/c1-9-11(13(19)20)4-3-5-12(9)17-14(21)18(2)8-10-6-15-16-7-10/h3-7H,8H2,1-2H3,(H,15,16)(H,17,21)(H,19,20). The van der Waals surface area contributed by atoms with Gasteiger partial charge >= 0.3 is 12.0 Å². The minimum Gasteiger partial charge on any atom is -0.478 e. The minimum absolute atomic E-state index is 0.172. The summed E-state index contributed by atoms with van der Waals surface area (Å²) in [4.78, 5) is 24.7. The number of aromatic nitrogens is 2. The molecule has 1 heterocycles. The number of urea groups is 1. The van der Waals surface area contributed by atoms with Crippen LogP contribution < -0.4 is 5.32 Å². The van der Waals surface area contributed by atoms with E-state index >= 15 is 0 Å². The van der Waals surface area contributed by atoms with Gasteiger partial charge in [-0.3, -0.25) is 5.10 Å². The Balaban J connectivity index is 2.09. The number of carbonyl (C=O) groups is 2. The summed E-state index contributed by atoms with van der Waals surface area (Å²) in [5, 5.41) is 18.3. The van der Waals surface area contributed by atoms with Crippen molar-refractivity contribution < 1.29 is 14.7 Å². The Morgan fingerprint density at radius 3 is 2.81 bits per heavy atom. The van der Waals surface area contributed by atoms with E-state index in [0.29, 0.717) is 17.8 Å². The number of carboxylic acids is 1. The van der Waals surface area contributed by atoms with Crippen LogP contribution in [0.4, 0.5) is 10.5 Å². The molecule has 21 heavy (non-hydrogen) atoms. The second kappa shape index (κ2) is 6.08. The van der Waals surface area contributed by atoms with Crippen LogP contribution in [0.3, 0.4) is 0 Å². The summed E-state index contributed by atoms with van der Waals surface area (Å²) < 4.78 is 0. The quantitative estimate of drug-likeness (QED) is 0.802. The van der Waals surface area contributed by atoms with Gasteiger partial charge in [0.1, 0.15) is 0 Å². The molecular weight excluding hydrogens is 272 g/mol. The third-order valence-corrected chi connectivity index (χ3v) is 3.13. The topological polar surface area (TPSA) is 98.3 Å². The molecule has 2 aromatic rings. The van der Waals surface area contributed by atoms with E-state index in [1.807, 2.05) is 0 Å². The molecule has 2 rings (SSSR count). The number of H-pyrrole nitrogens is 1. The number of hydrogen-bond donors (Lipinski definition) is 3. The summed E-state index contributed by atoms with van der Waals surface area (Å²) in [5.41, 5.74) is 2.06. The minimum atomic E-state index is -1.02. The van der Waals surface area contributed by atoms with Gasteiger partial charge in [0.05, 0.1) is 18.3 Å². The van der Waals surface area contributed by atoms with E-state index in [4.69, 9.17) is 5.11 Å². The number of nitrogens with one attached hydrogen (secondary N) is 2. The molecular formula is C14H16N4O3. The van der Waals surface area contributed by atoms with E-state index in [1.165, 1.54) is 11.0 Å². The van der Waals surface area contributed by atoms with Gasteiger partial charge in [0.25, 0.3) is 0 Å². The maximum absolute atomic E-state index is 12.1. The molecule has 0 atom stereocenters. The Morgan fingerprint density at radius 2 is 2.19 bits per heavy atom. The average molecular weight is 288 g/mol. The number of nitrogens with zero attached hydrogens (tertiary/aromatic N) is 2. The Hall–Kier alpha value is -2.83. The van der Waals surface area contributed by atoms with Crippen LogP contribution in [0.25, 0.3) is 0 Å². The zero-order chi connectivity index (χ0) is 15.4. The highest BCUT2D eigenvalue weighted by Crippen LogP contribution is 2.19. The first-order chi connectivity index (χ1) is 9.99. The highest BCUT2D eigenvalue weighted by atomic mass is 16.4. The van der Waals surface area contributed by atoms with Crippen molar-refractivity contribution in [1.29, 1.82) is 0 Å². The molecule has 0 aliphatic carbocycles. The first-order valence-electron chi connectivity index (χ1n) is 6.31. The molecule has 1 aromatic carbocycles. The fourth-order valence-electron chi connectivity index (χ4n) is 1.92. The maximum Gasteiger partial charge on any atom is 0.336 e. The monoisotopic (exact) mass is 288 g/mol. The Morgan fingerprint density at radius 1 is 1.43 bits per heavy atom. The fraction of sp³-hybridized carbons (Fsp3) is 0.214. The Labute approximate surface area is 121 Å². The summed E-state index contributed by atoms with van der Waals surface area (Å²) in [6, 6.07) is 4.46. The van der Waals surface area contributed by atoms with Crippen molar-refractivity contribution in [3.63, 3.8) is 0 Å². The van der Waals surface area contributed by atoms with Crippen LogP contribution in [0, 0.1) is 6.92 Å². The van der Waals surface area contributed by atoms with Crippen molar-refractivity contribution in [2.24, 2.45) is 0 Å². The molecule has 110 valence electrons. The van der Waals surface area contributed by atoms with Crippen LogP contribution >= 0.6 is 0 Å². The van der Waals surface area contributed by atoms with Crippen molar-refractivity contribution in [3.05, 3.63) is 47.3 Å². The molecule has 0 fully saturated rings. The van der Waals surface area contributed by atoms with Gasteiger partial charge < -0.3 is 15.3 Å². The molecule has 0 aliphatic rings. The highest BCUT2D eigenvalue weighted by molar-refractivity contribution is 5.95. The van der Waals surface area contributed by atoms with E-state index < -0.39 is 5.97 Å². The van der Waals surface area contributed by atoms with Gasteiger partial charge in [-0.2, -0.15) is 5.10 Å². The van der Waals surface area contributed by atoms with Crippen LogP contribution in [-0.2, 0) is 6.54 Å². The molecule has 3 N–H and O–H groups in total. The first-order valence-corrected chi connectivity index (χ1v) is 6.31. The van der Waals surface area contributed by atoms with Crippen molar-refractivity contribution >= 4 is 17.7 Å². The largest absolute Gasteiger partial charge is 0.478 e. The van der Waals surface area contributed by atoms with Gasteiger partial charge in [0.2, 0.25) is 0 Å². The van der Waals surface area contributed by atoms with Crippen molar-refractivity contribution in [1.82, 2.24) is 15.1 Å². The number of benzene rings is 1. The summed E-state index contributed by atoms with van der Waals surface area (Å²) in [6.07, 6.45) is 3.35. The number of aromatic carboxylic acids is 1. The molecule has 0 aliphatic heterocycles. The molecule has 0 saturated carbocycles. The summed E-state index contributed by atoms with van der Waals surface area (Å²) in [6.45, 7) is 2.06. The number of amides is 2. The zero-order valence-corrected chi connectivity index (χ0v) is 11.8. The number of carbonyl (C=O) groups excluding carboxylic acids is 1. The molecule has 7 nitrogen and oxygen atoms in total. The van der Waals surface area contributed by atoms with Gasteiger partial charge in [-0.05, 0) is 24.6 Å². The molecule has 0 radical (unpaired) electrons. The van der Waals surface area contributed by atoms with Crippen molar-refractivity contribution in [2.45, 2.75) is 13.5 Å². The lowest BCUT2D eigenvalue weighted by Crippen LogP contribution is -2.31. The summed E-state index contributed by atoms with van der Waals surface area (Å²) in [7, 11) is 1.65. The fourth-order valence-corrected chi connectivity index (χ4v) is 1.92. The third kappa shape index (κ3) is 3.38. The second-order valence-electron chi connectivity index (χ2n) is 4.68. The van der Waals surface area contributed by atoms with Crippen molar-refractivity contribution in [3.8, 4) is 0 Å². The SMILES string of the molecule is Cc1c(NC(=O)N(C)Cc2cn[nH]c2)cccc1C(=O)O. The van der Waals surface area contributed by atoms with Crippen LogP contribution in [0.5, 0.6) is 0 Å². The van der Waals surface area contributed by atoms with E-state index in [0.717, 1.165) is 5.56 Å². The van der Waals surface area contributed by atoms with Gasteiger partial charge in [-0.15, -0.1) is 0 Å². The predicted molar refractivity (Wildman–Crippen MR) is 77.2 cm³/mol. The molecule has 2 amide bonds. The predicted octanol–water partition coefficient (Wildman–Crippen LogP) is 2.08. The van der Waals surface area contributed by atoms with E-state index in [2.05, 4.69) is 15.5 Å². The van der Waals surface area contributed by atoms with E-state index in [9.17, 15) is 9.59 Å². The van der Waals surface area contributed by atoms with Crippen LogP contribution in [0.1, 0.15) is 21.5 Å². The molecule has 0 saturated heterocycles. The first kappa shape index (κ1) is 14.6. The lowest BCUT2D eigenvalue weighted by atomic mass is 10.1. The Bertz CT molecular complexity index is 652. The lowest BCUT2D eigenvalue weighted by molar-refractivity contribution is 0.0696. The van der Waals surface area contributed by atoms with Gasteiger partial charge in [0.15, 0.2) is 0 Å². The third-order valence-electron chi connectivity index (χ3n) is 3.13. The van der Waals surface area contributed by atoms with Gasteiger partial charge in [-0.25, -0.2) is 9.59 Å². The average Bonchev–Trinajstić information content (AvgIpc) is 2.93. The van der Waals surface area contributed by atoms with Crippen LogP contribution in [0.2, 0.25) is 0 Å². The number of carboxylic acid groups (broad SMARTS) is 1. The van der Waals surface area contributed by atoms with Crippen LogP contribution in [0.15, 0.2) is 30.6 Å². The van der Waals surface area contributed by atoms with Gasteiger partial charge in [0, 0.05) is 24.5 Å². The highest BCUT2D eigenvalue weighted by Gasteiger charge is 2.14. The number of aromatic amines is 1. The number of rotatable bonds is 4. The summed E-state index contributed by atoms with van der Waals surface area (Å²) >= 11 is 0.